The van der Waals surface area contributed by atoms with Crippen molar-refractivity contribution in [3.8, 4) is 5.75 Å². The van der Waals surface area contributed by atoms with Crippen LogP contribution in [0.2, 0.25) is 0 Å². The van der Waals surface area contributed by atoms with Gasteiger partial charge >= 0.3 is 0 Å². The molecule has 0 atom stereocenters. The van der Waals surface area contributed by atoms with Gasteiger partial charge in [-0.25, -0.2) is 15.0 Å². The van der Waals surface area contributed by atoms with Gasteiger partial charge in [-0.3, -0.25) is 0 Å². The maximum absolute atomic E-state index is 5.82. The summed E-state index contributed by atoms with van der Waals surface area (Å²) in [4.78, 5) is 16.1. The lowest BCUT2D eigenvalue weighted by Crippen LogP contribution is -2.15. The van der Waals surface area contributed by atoms with Crippen LogP contribution < -0.4 is 15.8 Å². The summed E-state index contributed by atoms with van der Waals surface area (Å²) in [6, 6.07) is 5.93. The fraction of sp³-hybridized carbons (Fsp3) is 0.389. The highest BCUT2D eigenvalue weighted by Crippen LogP contribution is 2.24. The molecule has 3 aromatic rings. The van der Waals surface area contributed by atoms with Crippen LogP contribution in [0.1, 0.15) is 11.3 Å². The van der Waals surface area contributed by atoms with Gasteiger partial charge in [-0.15, -0.1) is 11.3 Å². The van der Waals surface area contributed by atoms with E-state index in [0.29, 0.717) is 11.7 Å². The third-order valence-electron chi connectivity index (χ3n) is 3.86. The Balaban J connectivity index is 1.60. The third kappa shape index (κ3) is 5.03. The number of hydrogen-bond acceptors (Lipinski definition) is 8. The molecule has 26 heavy (non-hydrogen) atoms. The highest BCUT2D eigenvalue weighted by molar-refractivity contribution is 7.15. The summed E-state index contributed by atoms with van der Waals surface area (Å²) >= 11 is 1.51. The van der Waals surface area contributed by atoms with Crippen molar-refractivity contribution in [2.45, 2.75) is 12.8 Å². The van der Waals surface area contributed by atoms with Gasteiger partial charge in [0.05, 0.1) is 12.1 Å². The lowest BCUT2D eigenvalue weighted by atomic mass is 10.2. The number of hydrogen-bond donors (Lipinski definition) is 2. The molecule has 3 N–H and O–H groups in total. The average molecular weight is 372 g/mol. The van der Waals surface area contributed by atoms with E-state index in [9.17, 15) is 0 Å². The number of nitrogen functional groups attached to an aromatic ring is 1. The molecule has 0 unspecified atom stereocenters. The summed E-state index contributed by atoms with van der Waals surface area (Å²) in [5.74, 6) is 1.66. The van der Waals surface area contributed by atoms with Crippen LogP contribution in [-0.4, -0.2) is 53.6 Å². The molecular weight excluding hydrogens is 348 g/mol. The molecule has 2 heterocycles. The molecule has 1 aromatic carbocycles. The first-order valence-corrected chi connectivity index (χ1v) is 9.40. The second-order valence-corrected chi connectivity index (χ2v) is 7.39. The van der Waals surface area contributed by atoms with E-state index in [1.54, 1.807) is 6.33 Å². The number of anilines is 2. The molecule has 0 aliphatic rings. The Morgan fingerprint density at radius 2 is 2.12 bits per heavy atom. The molecule has 0 aliphatic heterocycles. The zero-order chi connectivity index (χ0) is 18.4. The van der Waals surface area contributed by atoms with Gasteiger partial charge in [0, 0.05) is 42.0 Å². The van der Waals surface area contributed by atoms with Gasteiger partial charge in [-0.1, -0.05) is 0 Å². The maximum Gasteiger partial charge on any atom is 0.180 e. The largest absolute Gasteiger partial charge is 0.493 e. The minimum Gasteiger partial charge on any atom is -0.493 e. The summed E-state index contributed by atoms with van der Waals surface area (Å²) < 4.78 is 5.82. The first kappa shape index (κ1) is 18.3. The Hall–Kier alpha value is -2.45. The number of rotatable bonds is 9. The Bertz CT molecular complexity index is 851. The number of ether oxygens (including phenoxy) is 1. The topological polar surface area (TPSA) is 89.2 Å². The van der Waals surface area contributed by atoms with Crippen molar-refractivity contribution in [2.75, 3.05) is 44.8 Å². The Morgan fingerprint density at radius 3 is 2.88 bits per heavy atom. The molecule has 0 aliphatic carbocycles. The molecule has 0 saturated carbocycles. The van der Waals surface area contributed by atoms with Crippen LogP contribution in [0.15, 0.2) is 30.7 Å². The van der Waals surface area contributed by atoms with Crippen molar-refractivity contribution in [2.24, 2.45) is 0 Å². The van der Waals surface area contributed by atoms with Crippen LogP contribution in [0, 0.1) is 0 Å². The van der Waals surface area contributed by atoms with Crippen LogP contribution >= 0.6 is 11.3 Å². The highest BCUT2D eigenvalue weighted by Gasteiger charge is 2.06. The lowest BCUT2D eigenvalue weighted by Gasteiger charge is -2.11. The molecular formula is C18H24N6OS. The molecule has 0 bridgehead atoms. The highest BCUT2D eigenvalue weighted by atomic mass is 32.1. The standard InChI is InChI=1S/C18H24N6OS/c1-24(2)8-3-9-25-13-4-5-15-16(10-13)22-12-23-17(15)20-7-6-14-11-21-18(19)26-14/h4-5,10-12H,3,6-9H2,1-2H3,(H2,19,21)(H,20,22,23). The van der Waals surface area contributed by atoms with E-state index >= 15 is 0 Å². The van der Waals surface area contributed by atoms with E-state index < -0.39 is 0 Å². The fourth-order valence-electron chi connectivity index (χ4n) is 2.58. The van der Waals surface area contributed by atoms with Crippen LogP contribution in [0.25, 0.3) is 10.9 Å². The molecule has 2 aromatic heterocycles. The van der Waals surface area contributed by atoms with Crippen molar-refractivity contribution in [1.29, 1.82) is 0 Å². The average Bonchev–Trinajstić information content (AvgIpc) is 3.04. The second kappa shape index (κ2) is 8.77. The van der Waals surface area contributed by atoms with Gasteiger partial charge in [0.2, 0.25) is 0 Å². The van der Waals surface area contributed by atoms with Crippen LogP contribution in [0.5, 0.6) is 5.75 Å². The van der Waals surface area contributed by atoms with E-state index in [4.69, 9.17) is 10.5 Å². The van der Waals surface area contributed by atoms with Gasteiger partial charge in [0.15, 0.2) is 5.13 Å². The van der Waals surface area contributed by atoms with E-state index in [-0.39, 0.29) is 0 Å². The number of benzene rings is 1. The fourth-order valence-corrected chi connectivity index (χ4v) is 3.26. The first-order chi connectivity index (χ1) is 12.6. The van der Waals surface area contributed by atoms with Gasteiger partial charge in [-0.05, 0) is 32.6 Å². The van der Waals surface area contributed by atoms with Gasteiger partial charge in [0.1, 0.15) is 17.9 Å². The molecule has 7 nitrogen and oxygen atoms in total. The molecule has 3 rings (SSSR count). The molecule has 138 valence electrons. The quantitative estimate of drug-likeness (QED) is 0.558. The predicted molar refractivity (Wildman–Crippen MR) is 107 cm³/mol. The summed E-state index contributed by atoms with van der Waals surface area (Å²) in [6.45, 7) is 2.46. The zero-order valence-corrected chi connectivity index (χ0v) is 15.9. The minimum absolute atomic E-state index is 0.602. The molecule has 0 amide bonds. The molecule has 8 heteroatoms. The van der Waals surface area contributed by atoms with Crippen molar-refractivity contribution in [3.05, 3.63) is 35.6 Å². The van der Waals surface area contributed by atoms with Gasteiger partial charge in [-0.2, -0.15) is 0 Å². The van der Waals surface area contributed by atoms with Gasteiger partial charge in [0.25, 0.3) is 0 Å². The Morgan fingerprint density at radius 1 is 1.23 bits per heavy atom. The predicted octanol–water partition coefficient (Wildman–Crippen LogP) is 2.65. The van der Waals surface area contributed by atoms with E-state index in [1.165, 1.54) is 11.3 Å². The molecule has 0 saturated heterocycles. The minimum atomic E-state index is 0.602. The summed E-state index contributed by atoms with van der Waals surface area (Å²) in [5.41, 5.74) is 6.53. The summed E-state index contributed by atoms with van der Waals surface area (Å²) in [6.07, 6.45) is 5.24. The number of nitrogens with zero attached hydrogens (tertiary/aromatic N) is 4. The monoisotopic (exact) mass is 372 g/mol. The van der Waals surface area contributed by atoms with Crippen molar-refractivity contribution < 1.29 is 4.74 Å². The summed E-state index contributed by atoms with van der Waals surface area (Å²) in [7, 11) is 4.12. The van der Waals surface area contributed by atoms with E-state index in [0.717, 1.165) is 53.3 Å². The van der Waals surface area contributed by atoms with Crippen LogP contribution in [0.4, 0.5) is 10.9 Å². The lowest BCUT2D eigenvalue weighted by molar-refractivity contribution is 0.282. The summed E-state index contributed by atoms with van der Waals surface area (Å²) in [5, 5.41) is 4.96. The van der Waals surface area contributed by atoms with Crippen molar-refractivity contribution >= 4 is 33.2 Å². The number of aromatic nitrogens is 3. The van der Waals surface area contributed by atoms with E-state index in [2.05, 4.69) is 39.3 Å². The van der Waals surface area contributed by atoms with Crippen molar-refractivity contribution in [3.63, 3.8) is 0 Å². The van der Waals surface area contributed by atoms with E-state index in [1.807, 2.05) is 24.4 Å². The van der Waals surface area contributed by atoms with Crippen LogP contribution in [-0.2, 0) is 6.42 Å². The Labute approximate surface area is 157 Å². The molecule has 0 spiro atoms. The number of nitrogens with one attached hydrogen (secondary N) is 1. The molecule has 0 radical (unpaired) electrons. The number of nitrogens with two attached hydrogens (primary N) is 1. The molecule has 0 fully saturated rings. The normalized spacial score (nSPS) is 11.2. The Kier molecular flexibility index (Phi) is 6.19. The smallest absolute Gasteiger partial charge is 0.180 e. The second-order valence-electron chi connectivity index (χ2n) is 6.25. The number of thiazole rings is 1. The number of fused-ring (bicyclic) bond motifs is 1. The van der Waals surface area contributed by atoms with Gasteiger partial charge < -0.3 is 20.7 Å². The van der Waals surface area contributed by atoms with Crippen LogP contribution in [0.3, 0.4) is 0 Å². The third-order valence-corrected chi connectivity index (χ3v) is 4.75. The maximum atomic E-state index is 5.82. The SMILES string of the molecule is CN(C)CCCOc1ccc2c(NCCc3cnc(N)s3)ncnc2c1. The van der Waals surface area contributed by atoms with Crippen molar-refractivity contribution in [1.82, 2.24) is 19.9 Å². The first-order valence-electron chi connectivity index (χ1n) is 8.58. The zero-order valence-electron chi connectivity index (χ0n) is 15.1.